The molecule has 43 heavy (non-hydrogen) atoms. The molecule has 2 N–H and O–H groups in total. The minimum atomic E-state index is -0.561. The van der Waals surface area contributed by atoms with Crippen molar-refractivity contribution in [3.63, 3.8) is 0 Å². The topological polar surface area (TPSA) is 128 Å². The van der Waals surface area contributed by atoms with E-state index in [0.717, 1.165) is 27.6 Å². The molecule has 1 fully saturated rings. The first-order valence-corrected chi connectivity index (χ1v) is 14.2. The molecule has 2 aliphatic heterocycles. The van der Waals surface area contributed by atoms with E-state index < -0.39 is 23.6 Å². The molecule has 0 unspecified atom stereocenters. The Morgan fingerprint density at radius 3 is 2.47 bits per heavy atom. The predicted octanol–water partition coefficient (Wildman–Crippen LogP) is 5.08. The van der Waals surface area contributed by atoms with Crippen molar-refractivity contribution in [3.8, 4) is 17.2 Å². The molecule has 6 rings (SSSR count). The third kappa shape index (κ3) is 6.04. The second kappa shape index (κ2) is 11.9. The Morgan fingerprint density at radius 2 is 1.65 bits per heavy atom. The number of thioether (sulfide) groups is 1. The molecule has 3 heterocycles. The van der Waals surface area contributed by atoms with Crippen LogP contribution in [0, 0.1) is 0 Å². The summed E-state index contributed by atoms with van der Waals surface area (Å²) in [5.74, 6) is 0.533. The van der Waals surface area contributed by atoms with Gasteiger partial charge in [-0.05, 0) is 67.2 Å². The smallest absolute Gasteiger partial charge is 0.294 e. The van der Waals surface area contributed by atoms with Crippen molar-refractivity contribution in [2.24, 2.45) is 0 Å². The number of fused-ring (bicyclic) bond motifs is 2. The first kappa shape index (κ1) is 27.9. The minimum absolute atomic E-state index is 0.00991. The lowest BCUT2D eigenvalue weighted by Gasteiger charge is -2.12. The largest absolute Gasteiger partial charge is 0.494 e. The van der Waals surface area contributed by atoms with Crippen LogP contribution in [0.25, 0.3) is 17.0 Å². The monoisotopic (exact) mass is 598 g/mol. The molecule has 3 aromatic carbocycles. The summed E-state index contributed by atoms with van der Waals surface area (Å²) in [6.45, 7) is 2.13. The van der Waals surface area contributed by atoms with E-state index in [4.69, 9.17) is 14.2 Å². The zero-order valence-corrected chi connectivity index (χ0v) is 23.8. The van der Waals surface area contributed by atoms with Gasteiger partial charge in [-0.25, -0.2) is 0 Å². The standard InChI is InChI=1S/C31H26N4O7S/c1-2-40-22-10-7-20(8-11-22)32-29(37)17-35-30(38)27(43-31(35)39)13-19-15-34(24-6-4-3-5-23(19)24)16-28(36)33-21-9-12-25-26(14-21)42-18-41-25/h3-15H,2,16-18H2,1H3,(H,32,37)(H,33,36)/b27-13-. The number of amides is 4. The lowest BCUT2D eigenvalue weighted by atomic mass is 10.1. The third-order valence-corrected chi connectivity index (χ3v) is 7.61. The van der Waals surface area contributed by atoms with Crippen LogP contribution in [0.2, 0.25) is 0 Å². The number of carbonyl (C=O) groups is 4. The zero-order chi connectivity index (χ0) is 29.9. The van der Waals surface area contributed by atoms with Crippen molar-refractivity contribution in [1.29, 1.82) is 0 Å². The summed E-state index contributed by atoms with van der Waals surface area (Å²) in [5.41, 5.74) is 2.54. The number of hydrogen-bond donors (Lipinski definition) is 2. The van der Waals surface area contributed by atoms with Gasteiger partial charge in [0.2, 0.25) is 18.6 Å². The van der Waals surface area contributed by atoms with Gasteiger partial charge in [-0.15, -0.1) is 0 Å². The van der Waals surface area contributed by atoms with Crippen LogP contribution in [0.1, 0.15) is 12.5 Å². The Kier molecular flexibility index (Phi) is 7.75. The fourth-order valence-corrected chi connectivity index (χ4v) is 5.60. The Hall–Kier alpha value is -5.23. The second-order valence-corrected chi connectivity index (χ2v) is 10.6. The number of hydrogen-bond acceptors (Lipinski definition) is 8. The van der Waals surface area contributed by atoms with Crippen molar-refractivity contribution in [1.82, 2.24) is 9.47 Å². The van der Waals surface area contributed by atoms with E-state index in [9.17, 15) is 19.2 Å². The first-order chi connectivity index (χ1) is 20.9. The maximum Gasteiger partial charge on any atom is 0.294 e. The van der Waals surface area contributed by atoms with Crippen molar-refractivity contribution in [2.75, 3.05) is 30.6 Å². The van der Waals surface area contributed by atoms with Crippen molar-refractivity contribution in [2.45, 2.75) is 13.5 Å². The number of para-hydroxylation sites is 1. The van der Waals surface area contributed by atoms with Gasteiger partial charge in [-0.3, -0.25) is 24.1 Å². The number of nitrogens with zero attached hydrogens (tertiary/aromatic N) is 2. The van der Waals surface area contributed by atoms with Crippen molar-refractivity contribution >= 4 is 63.1 Å². The van der Waals surface area contributed by atoms with E-state index in [1.54, 1.807) is 59.3 Å². The summed E-state index contributed by atoms with van der Waals surface area (Å²) in [5, 5.41) is 5.83. The average molecular weight is 599 g/mol. The maximum absolute atomic E-state index is 13.2. The van der Waals surface area contributed by atoms with Gasteiger partial charge in [0, 0.05) is 40.1 Å². The SMILES string of the molecule is CCOc1ccc(NC(=O)CN2C(=O)S/C(=C\c3cn(CC(=O)Nc4ccc5c(c4)OCO5)c4ccccc34)C2=O)cc1. The third-order valence-electron chi connectivity index (χ3n) is 6.70. The van der Waals surface area contributed by atoms with Crippen molar-refractivity contribution in [3.05, 3.63) is 83.4 Å². The van der Waals surface area contributed by atoms with Crippen LogP contribution in [-0.2, 0) is 20.9 Å². The highest BCUT2D eigenvalue weighted by atomic mass is 32.2. The normalized spacial score (nSPS) is 14.9. The molecule has 0 spiro atoms. The molecule has 218 valence electrons. The summed E-state index contributed by atoms with van der Waals surface area (Å²) in [4.78, 5) is 52.5. The molecular weight excluding hydrogens is 572 g/mol. The molecule has 4 aromatic rings. The van der Waals surface area contributed by atoms with Crippen LogP contribution < -0.4 is 24.8 Å². The van der Waals surface area contributed by atoms with Gasteiger partial charge < -0.3 is 29.4 Å². The fourth-order valence-electron chi connectivity index (χ4n) is 4.77. The van der Waals surface area contributed by atoms with Crippen LogP contribution in [0.5, 0.6) is 17.2 Å². The lowest BCUT2D eigenvalue weighted by molar-refractivity contribution is -0.127. The van der Waals surface area contributed by atoms with Crippen molar-refractivity contribution < 1.29 is 33.4 Å². The molecule has 0 radical (unpaired) electrons. The van der Waals surface area contributed by atoms with Gasteiger partial charge in [0.1, 0.15) is 18.8 Å². The quantitative estimate of drug-likeness (QED) is 0.255. The Bertz CT molecular complexity index is 1780. The van der Waals surface area contributed by atoms with E-state index in [0.29, 0.717) is 40.8 Å². The molecule has 4 amide bonds. The molecule has 1 saturated heterocycles. The van der Waals surface area contributed by atoms with Gasteiger partial charge in [-0.2, -0.15) is 0 Å². The Balaban J connectivity index is 1.15. The van der Waals surface area contributed by atoms with E-state index >= 15 is 0 Å². The lowest BCUT2D eigenvalue weighted by Crippen LogP contribution is -2.36. The number of anilines is 2. The predicted molar refractivity (Wildman–Crippen MR) is 162 cm³/mol. The van der Waals surface area contributed by atoms with Gasteiger partial charge in [0.15, 0.2) is 11.5 Å². The highest BCUT2D eigenvalue weighted by Crippen LogP contribution is 2.35. The molecule has 1 aromatic heterocycles. The average Bonchev–Trinajstić information content (AvgIpc) is 3.67. The van der Waals surface area contributed by atoms with E-state index in [1.165, 1.54) is 0 Å². The number of ether oxygens (including phenoxy) is 3. The Morgan fingerprint density at radius 1 is 0.930 bits per heavy atom. The van der Waals surface area contributed by atoms with Gasteiger partial charge >= 0.3 is 0 Å². The van der Waals surface area contributed by atoms with E-state index in [-0.39, 0.29) is 24.2 Å². The summed E-state index contributed by atoms with van der Waals surface area (Å²) in [7, 11) is 0. The number of benzene rings is 3. The fraction of sp³-hybridized carbons (Fsp3) is 0.161. The molecule has 11 nitrogen and oxygen atoms in total. The first-order valence-electron chi connectivity index (χ1n) is 13.4. The summed E-state index contributed by atoms with van der Waals surface area (Å²) in [6.07, 6.45) is 3.38. The van der Waals surface area contributed by atoms with Gasteiger partial charge in [-0.1, -0.05) is 18.2 Å². The Labute approximate surface area is 250 Å². The number of imide groups is 1. The summed E-state index contributed by atoms with van der Waals surface area (Å²) >= 11 is 0.767. The molecule has 0 bridgehead atoms. The summed E-state index contributed by atoms with van der Waals surface area (Å²) < 4.78 is 17.9. The van der Waals surface area contributed by atoms with Crippen LogP contribution in [0.15, 0.2) is 77.8 Å². The van der Waals surface area contributed by atoms with E-state index in [2.05, 4.69) is 10.6 Å². The number of aromatic nitrogens is 1. The molecule has 0 aliphatic carbocycles. The molecule has 0 saturated carbocycles. The number of nitrogens with one attached hydrogen (secondary N) is 2. The van der Waals surface area contributed by atoms with Gasteiger partial charge in [0.25, 0.3) is 11.1 Å². The number of rotatable bonds is 9. The highest BCUT2D eigenvalue weighted by Gasteiger charge is 2.36. The van der Waals surface area contributed by atoms with E-state index in [1.807, 2.05) is 31.2 Å². The highest BCUT2D eigenvalue weighted by molar-refractivity contribution is 8.18. The van der Waals surface area contributed by atoms with Crippen LogP contribution in [-0.4, -0.2) is 52.4 Å². The molecule has 0 atom stereocenters. The minimum Gasteiger partial charge on any atom is -0.494 e. The molecular formula is C31H26N4O7S. The van der Waals surface area contributed by atoms with Gasteiger partial charge in [0.05, 0.1) is 11.5 Å². The second-order valence-electron chi connectivity index (χ2n) is 9.62. The maximum atomic E-state index is 13.2. The van der Waals surface area contributed by atoms with Crippen LogP contribution >= 0.6 is 11.8 Å². The van der Waals surface area contributed by atoms with Crippen LogP contribution in [0.4, 0.5) is 16.2 Å². The molecule has 12 heteroatoms. The number of carbonyl (C=O) groups excluding carboxylic acids is 4. The molecule has 2 aliphatic rings. The summed E-state index contributed by atoms with van der Waals surface area (Å²) in [6, 6.07) is 19.4. The zero-order valence-electron chi connectivity index (χ0n) is 23.0. The van der Waals surface area contributed by atoms with Crippen LogP contribution in [0.3, 0.4) is 0 Å².